The SMILES string of the molecule is CCNC(=NCc1ccco1)NCCCCCC(=O)N1CCN(C(=O)CC(C)C)CC1.I. The molecule has 2 N–H and O–H groups in total. The van der Waals surface area contributed by atoms with Crippen LogP contribution in [0.5, 0.6) is 0 Å². The van der Waals surface area contributed by atoms with Crippen molar-refractivity contribution in [2.75, 3.05) is 39.3 Å². The Morgan fingerprint density at radius 1 is 1.06 bits per heavy atom. The molecule has 1 aromatic heterocycles. The number of rotatable bonds is 11. The lowest BCUT2D eigenvalue weighted by molar-refractivity contribution is -0.140. The zero-order chi connectivity index (χ0) is 22.5. The summed E-state index contributed by atoms with van der Waals surface area (Å²) in [5, 5.41) is 6.56. The summed E-state index contributed by atoms with van der Waals surface area (Å²) in [5.41, 5.74) is 0. The summed E-state index contributed by atoms with van der Waals surface area (Å²) in [5.74, 6) is 2.40. The van der Waals surface area contributed by atoms with Gasteiger partial charge in [0.1, 0.15) is 12.3 Å². The van der Waals surface area contributed by atoms with Crippen LogP contribution >= 0.6 is 24.0 Å². The zero-order valence-corrected chi connectivity index (χ0v) is 22.1. The lowest BCUT2D eigenvalue weighted by Gasteiger charge is -2.35. The van der Waals surface area contributed by atoms with Crippen molar-refractivity contribution in [3.63, 3.8) is 0 Å². The minimum atomic E-state index is 0. The second-order valence-electron chi connectivity index (χ2n) is 8.37. The van der Waals surface area contributed by atoms with Crippen molar-refractivity contribution in [1.29, 1.82) is 0 Å². The van der Waals surface area contributed by atoms with Crippen LogP contribution in [0, 0.1) is 5.92 Å². The van der Waals surface area contributed by atoms with E-state index in [1.54, 1.807) is 6.26 Å². The molecule has 32 heavy (non-hydrogen) atoms. The Hall–Kier alpha value is -1.78. The molecule has 0 spiro atoms. The molecule has 182 valence electrons. The van der Waals surface area contributed by atoms with Gasteiger partial charge in [-0.1, -0.05) is 20.3 Å². The van der Waals surface area contributed by atoms with E-state index in [0.717, 1.165) is 44.1 Å². The van der Waals surface area contributed by atoms with Crippen LogP contribution < -0.4 is 10.6 Å². The highest BCUT2D eigenvalue weighted by atomic mass is 127. The van der Waals surface area contributed by atoms with Crippen molar-refractivity contribution in [1.82, 2.24) is 20.4 Å². The number of carbonyl (C=O) groups is 2. The number of unbranched alkanes of at least 4 members (excludes halogenated alkanes) is 2. The fourth-order valence-electron chi connectivity index (χ4n) is 3.53. The average molecular weight is 562 g/mol. The van der Waals surface area contributed by atoms with Gasteiger partial charge in [-0.25, -0.2) is 4.99 Å². The van der Waals surface area contributed by atoms with Gasteiger partial charge < -0.3 is 24.9 Å². The van der Waals surface area contributed by atoms with Crippen molar-refractivity contribution in [2.24, 2.45) is 10.9 Å². The largest absolute Gasteiger partial charge is 0.467 e. The van der Waals surface area contributed by atoms with Gasteiger partial charge in [-0.2, -0.15) is 0 Å². The standard InChI is InChI=1S/C23H39N5O3.HI/c1-4-24-23(26-18-20-9-8-16-31-20)25-11-7-5-6-10-21(29)27-12-14-28(15-13-27)22(30)17-19(2)3;/h8-9,16,19H,4-7,10-15,17-18H2,1-3H3,(H2,24,25,26);1H. The van der Waals surface area contributed by atoms with Crippen molar-refractivity contribution >= 4 is 41.8 Å². The van der Waals surface area contributed by atoms with E-state index in [1.165, 1.54) is 0 Å². The number of aliphatic imine (C=N–C) groups is 1. The van der Waals surface area contributed by atoms with E-state index >= 15 is 0 Å². The average Bonchev–Trinajstić information content (AvgIpc) is 3.27. The van der Waals surface area contributed by atoms with Crippen LogP contribution in [0.15, 0.2) is 27.8 Å². The monoisotopic (exact) mass is 561 g/mol. The molecular formula is C23H40IN5O3. The Morgan fingerprint density at radius 3 is 2.34 bits per heavy atom. The van der Waals surface area contributed by atoms with Gasteiger partial charge >= 0.3 is 0 Å². The van der Waals surface area contributed by atoms with Crippen LogP contribution in [0.1, 0.15) is 58.6 Å². The third-order valence-electron chi connectivity index (χ3n) is 5.25. The molecule has 2 amide bonds. The Morgan fingerprint density at radius 2 is 1.75 bits per heavy atom. The molecule has 9 heteroatoms. The van der Waals surface area contributed by atoms with Crippen molar-refractivity contribution in [3.8, 4) is 0 Å². The number of piperazine rings is 1. The summed E-state index contributed by atoms with van der Waals surface area (Å²) in [6.45, 7) is 10.9. The molecule has 0 aromatic carbocycles. The number of guanidine groups is 1. The molecule has 8 nitrogen and oxygen atoms in total. The second kappa shape index (κ2) is 15.9. The molecule has 0 atom stereocenters. The molecule has 2 heterocycles. The topological polar surface area (TPSA) is 90.2 Å². The lowest BCUT2D eigenvalue weighted by atomic mass is 10.1. The molecule has 1 saturated heterocycles. The highest BCUT2D eigenvalue weighted by Gasteiger charge is 2.23. The summed E-state index contributed by atoms with van der Waals surface area (Å²) in [6, 6.07) is 3.77. The Kier molecular flexibility index (Phi) is 14.1. The molecule has 0 aliphatic carbocycles. The predicted octanol–water partition coefficient (Wildman–Crippen LogP) is 3.23. The smallest absolute Gasteiger partial charge is 0.222 e. The van der Waals surface area contributed by atoms with Gasteiger partial charge in [0, 0.05) is 52.1 Å². The highest BCUT2D eigenvalue weighted by molar-refractivity contribution is 14.0. The zero-order valence-electron chi connectivity index (χ0n) is 19.8. The van der Waals surface area contributed by atoms with E-state index in [-0.39, 0.29) is 35.8 Å². The van der Waals surface area contributed by atoms with Crippen molar-refractivity contribution in [3.05, 3.63) is 24.2 Å². The van der Waals surface area contributed by atoms with Crippen LogP contribution in [0.4, 0.5) is 0 Å². The fourth-order valence-corrected chi connectivity index (χ4v) is 3.53. The summed E-state index contributed by atoms with van der Waals surface area (Å²) in [7, 11) is 0. The molecule has 1 aliphatic heterocycles. The molecule has 2 rings (SSSR count). The quantitative estimate of drug-likeness (QED) is 0.188. The third kappa shape index (κ3) is 10.7. The van der Waals surface area contributed by atoms with Crippen LogP contribution in [0.3, 0.4) is 0 Å². The summed E-state index contributed by atoms with van der Waals surface area (Å²) >= 11 is 0. The first-order chi connectivity index (χ1) is 15.0. The minimum absolute atomic E-state index is 0. The Balaban J connectivity index is 0.00000512. The Labute approximate surface area is 209 Å². The van der Waals surface area contributed by atoms with E-state index in [2.05, 4.69) is 29.5 Å². The van der Waals surface area contributed by atoms with Gasteiger partial charge in [0.05, 0.1) is 6.26 Å². The van der Waals surface area contributed by atoms with E-state index in [4.69, 9.17) is 4.42 Å². The molecule has 0 radical (unpaired) electrons. The summed E-state index contributed by atoms with van der Waals surface area (Å²) < 4.78 is 5.31. The molecular weight excluding hydrogens is 521 g/mol. The van der Waals surface area contributed by atoms with E-state index in [9.17, 15) is 9.59 Å². The number of nitrogens with one attached hydrogen (secondary N) is 2. The van der Waals surface area contributed by atoms with Crippen LogP contribution in [0.25, 0.3) is 0 Å². The van der Waals surface area contributed by atoms with Gasteiger partial charge in [-0.3, -0.25) is 9.59 Å². The van der Waals surface area contributed by atoms with Gasteiger partial charge in [0.15, 0.2) is 5.96 Å². The summed E-state index contributed by atoms with van der Waals surface area (Å²) in [4.78, 5) is 32.9. The summed E-state index contributed by atoms with van der Waals surface area (Å²) in [6.07, 6.45) is 5.67. The first kappa shape index (κ1) is 28.3. The molecule has 0 unspecified atom stereocenters. The molecule has 1 aromatic rings. The normalized spacial score (nSPS) is 14.3. The van der Waals surface area contributed by atoms with Crippen molar-refractivity contribution in [2.45, 2.75) is 59.4 Å². The van der Waals surface area contributed by atoms with E-state index in [0.29, 0.717) is 51.5 Å². The number of furan rings is 1. The van der Waals surface area contributed by atoms with Crippen molar-refractivity contribution < 1.29 is 14.0 Å². The fraction of sp³-hybridized carbons (Fsp3) is 0.696. The van der Waals surface area contributed by atoms with E-state index < -0.39 is 0 Å². The van der Waals surface area contributed by atoms with Gasteiger partial charge in [0.25, 0.3) is 0 Å². The first-order valence-electron chi connectivity index (χ1n) is 11.6. The Bertz CT molecular complexity index is 686. The maximum Gasteiger partial charge on any atom is 0.222 e. The highest BCUT2D eigenvalue weighted by Crippen LogP contribution is 2.10. The second-order valence-corrected chi connectivity index (χ2v) is 8.37. The van der Waals surface area contributed by atoms with Crippen LogP contribution in [-0.2, 0) is 16.1 Å². The van der Waals surface area contributed by atoms with Gasteiger partial charge in [-0.15, -0.1) is 24.0 Å². The number of halogens is 1. The molecule has 0 bridgehead atoms. The number of nitrogens with zero attached hydrogens (tertiary/aromatic N) is 3. The number of hydrogen-bond acceptors (Lipinski definition) is 4. The maximum absolute atomic E-state index is 12.4. The first-order valence-corrected chi connectivity index (χ1v) is 11.6. The van der Waals surface area contributed by atoms with Gasteiger partial charge in [0.2, 0.25) is 11.8 Å². The number of amides is 2. The molecule has 0 saturated carbocycles. The van der Waals surface area contributed by atoms with Crippen LogP contribution in [-0.4, -0.2) is 66.8 Å². The van der Waals surface area contributed by atoms with Gasteiger partial charge in [-0.05, 0) is 37.8 Å². The molecule has 1 aliphatic rings. The lowest BCUT2D eigenvalue weighted by Crippen LogP contribution is -2.50. The van der Waals surface area contributed by atoms with Crippen LogP contribution in [0.2, 0.25) is 0 Å². The third-order valence-corrected chi connectivity index (χ3v) is 5.25. The minimum Gasteiger partial charge on any atom is -0.467 e. The predicted molar refractivity (Wildman–Crippen MR) is 138 cm³/mol. The molecule has 1 fully saturated rings. The van der Waals surface area contributed by atoms with E-state index in [1.807, 2.05) is 28.9 Å². The maximum atomic E-state index is 12.4. The number of hydrogen-bond donors (Lipinski definition) is 2. The number of carbonyl (C=O) groups excluding carboxylic acids is 2.